The molecule has 17 heavy (non-hydrogen) atoms. The highest BCUT2D eigenvalue weighted by Crippen LogP contribution is 2.13. The molecule has 1 aliphatic heterocycles. The highest BCUT2D eigenvalue weighted by Gasteiger charge is 2.16. The normalized spacial score (nSPS) is 21.4. The van der Waals surface area contributed by atoms with Gasteiger partial charge in [0.2, 0.25) is 5.91 Å². The second-order valence-corrected chi connectivity index (χ2v) is 4.70. The lowest BCUT2D eigenvalue weighted by Crippen LogP contribution is -2.42. The van der Waals surface area contributed by atoms with Gasteiger partial charge in [-0.15, -0.1) is 0 Å². The van der Waals surface area contributed by atoms with Crippen LogP contribution in [0.5, 0.6) is 0 Å². The van der Waals surface area contributed by atoms with Crippen molar-refractivity contribution in [2.75, 3.05) is 13.1 Å². The SMILES string of the molecule is NC(=O)c1ccc(CN2CCC[C@@H](N)C2)cc1. The van der Waals surface area contributed by atoms with E-state index in [2.05, 4.69) is 4.90 Å². The molecule has 1 heterocycles. The summed E-state index contributed by atoms with van der Waals surface area (Å²) in [6, 6.07) is 7.78. The molecular formula is C13H19N3O. The molecule has 1 amide bonds. The van der Waals surface area contributed by atoms with E-state index in [1.807, 2.05) is 12.1 Å². The Morgan fingerprint density at radius 1 is 1.35 bits per heavy atom. The molecule has 1 saturated heterocycles. The van der Waals surface area contributed by atoms with Crippen molar-refractivity contribution in [3.05, 3.63) is 35.4 Å². The summed E-state index contributed by atoms with van der Waals surface area (Å²) in [5.41, 5.74) is 12.9. The van der Waals surface area contributed by atoms with Crippen molar-refractivity contribution in [3.8, 4) is 0 Å². The standard InChI is InChI=1S/C13H19N3O/c14-12-2-1-7-16(9-12)8-10-3-5-11(6-4-10)13(15)17/h3-6,12H,1-2,7-9,14H2,(H2,15,17)/t12-/m1/s1. The maximum Gasteiger partial charge on any atom is 0.248 e. The fourth-order valence-corrected chi connectivity index (χ4v) is 2.27. The lowest BCUT2D eigenvalue weighted by Gasteiger charge is -2.30. The molecule has 4 heteroatoms. The number of rotatable bonds is 3. The third-order valence-electron chi connectivity index (χ3n) is 3.19. The van der Waals surface area contributed by atoms with Crippen LogP contribution < -0.4 is 11.5 Å². The third-order valence-corrected chi connectivity index (χ3v) is 3.19. The monoisotopic (exact) mass is 233 g/mol. The van der Waals surface area contributed by atoms with Crippen LogP contribution in [0, 0.1) is 0 Å². The van der Waals surface area contributed by atoms with Crippen LogP contribution in [0.25, 0.3) is 0 Å². The molecule has 0 aliphatic carbocycles. The van der Waals surface area contributed by atoms with E-state index in [4.69, 9.17) is 11.5 Å². The second kappa shape index (κ2) is 5.29. The van der Waals surface area contributed by atoms with Crippen molar-refractivity contribution in [1.29, 1.82) is 0 Å². The lowest BCUT2D eigenvalue weighted by molar-refractivity contribution is 0.100. The maximum absolute atomic E-state index is 10.9. The number of hydrogen-bond acceptors (Lipinski definition) is 3. The summed E-state index contributed by atoms with van der Waals surface area (Å²) in [5.74, 6) is -0.378. The topological polar surface area (TPSA) is 72.4 Å². The molecule has 1 aromatic carbocycles. The summed E-state index contributed by atoms with van der Waals surface area (Å²) >= 11 is 0. The average Bonchev–Trinajstić information content (AvgIpc) is 2.29. The van der Waals surface area contributed by atoms with Gasteiger partial charge in [0.1, 0.15) is 0 Å². The number of nitrogens with zero attached hydrogens (tertiary/aromatic N) is 1. The zero-order valence-corrected chi connectivity index (χ0v) is 9.93. The number of nitrogens with two attached hydrogens (primary N) is 2. The van der Waals surface area contributed by atoms with Gasteiger partial charge in [-0.3, -0.25) is 9.69 Å². The molecule has 0 spiro atoms. The van der Waals surface area contributed by atoms with E-state index in [0.29, 0.717) is 11.6 Å². The minimum absolute atomic E-state index is 0.300. The summed E-state index contributed by atoms with van der Waals surface area (Å²) in [4.78, 5) is 13.3. The van der Waals surface area contributed by atoms with E-state index >= 15 is 0 Å². The first-order chi connectivity index (χ1) is 8.15. The Labute approximate surface area is 102 Å². The third kappa shape index (κ3) is 3.28. The van der Waals surface area contributed by atoms with Crippen LogP contribution in [-0.4, -0.2) is 29.9 Å². The minimum atomic E-state index is -0.378. The van der Waals surface area contributed by atoms with E-state index in [-0.39, 0.29) is 5.91 Å². The molecule has 4 nitrogen and oxygen atoms in total. The largest absolute Gasteiger partial charge is 0.366 e. The Hall–Kier alpha value is -1.39. The molecule has 0 aromatic heterocycles. The Morgan fingerprint density at radius 2 is 2.06 bits per heavy atom. The highest BCUT2D eigenvalue weighted by molar-refractivity contribution is 5.92. The van der Waals surface area contributed by atoms with E-state index in [0.717, 1.165) is 26.1 Å². The molecule has 4 N–H and O–H groups in total. The van der Waals surface area contributed by atoms with E-state index in [1.165, 1.54) is 12.0 Å². The van der Waals surface area contributed by atoms with Gasteiger partial charge >= 0.3 is 0 Å². The van der Waals surface area contributed by atoms with Crippen molar-refractivity contribution in [2.24, 2.45) is 11.5 Å². The number of amides is 1. The molecule has 0 bridgehead atoms. The first-order valence-electron chi connectivity index (χ1n) is 6.02. The highest BCUT2D eigenvalue weighted by atomic mass is 16.1. The van der Waals surface area contributed by atoms with Gasteiger partial charge in [0.25, 0.3) is 0 Å². The average molecular weight is 233 g/mol. The fourth-order valence-electron chi connectivity index (χ4n) is 2.27. The molecule has 0 unspecified atom stereocenters. The minimum Gasteiger partial charge on any atom is -0.366 e. The molecular weight excluding hydrogens is 214 g/mol. The summed E-state index contributed by atoms with van der Waals surface area (Å²) in [6.07, 6.45) is 2.29. The van der Waals surface area contributed by atoms with Crippen molar-refractivity contribution < 1.29 is 4.79 Å². The number of piperidine rings is 1. The van der Waals surface area contributed by atoms with Gasteiger partial charge in [-0.1, -0.05) is 12.1 Å². The van der Waals surface area contributed by atoms with Gasteiger partial charge in [-0.25, -0.2) is 0 Å². The van der Waals surface area contributed by atoms with Crippen molar-refractivity contribution in [3.63, 3.8) is 0 Å². The summed E-state index contributed by atoms with van der Waals surface area (Å²) < 4.78 is 0. The van der Waals surface area contributed by atoms with E-state index < -0.39 is 0 Å². The maximum atomic E-state index is 10.9. The van der Waals surface area contributed by atoms with Crippen molar-refractivity contribution in [1.82, 2.24) is 4.90 Å². The van der Waals surface area contributed by atoms with Crippen LogP contribution in [0.15, 0.2) is 24.3 Å². The predicted molar refractivity (Wildman–Crippen MR) is 67.4 cm³/mol. The molecule has 2 rings (SSSR count). The Kier molecular flexibility index (Phi) is 3.76. The van der Waals surface area contributed by atoms with Gasteiger partial charge < -0.3 is 11.5 Å². The zero-order valence-electron chi connectivity index (χ0n) is 9.93. The first-order valence-corrected chi connectivity index (χ1v) is 6.02. The quantitative estimate of drug-likeness (QED) is 0.807. The Bertz CT molecular complexity index is 388. The number of hydrogen-bond donors (Lipinski definition) is 2. The number of carbonyl (C=O) groups is 1. The van der Waals surface area contributed by atoms with Crippen molar-refractivity contribution in [2.45, 2.75) is 25.4 Å². The molecule has 1 aliphatic rings. The van der Waals surface area contributed by atoms with Gasteiger partial charge in [-0.2, -0.15) is 0 Å². The van der Waals surface area contributed by atoms with Crippen LogP contribution in [0.2, 0.25) is 0 Å². The number of likely N-dealkylation sites (tertiary alicyclic amines) is 1. The van der Waals surface area contributed by atoms with Crippen LogP contribution in [0.1, 0.15) is 28.8 Å². The molecule has 1 fully saturated rings. The number of primary amides is 1. The van der Waals surface area contributed by atoms with E-state index in [1.54, 1.807) is 12.1 Å². The molecule has 92 valence electrons. The summed E-state index contributed by atoms with van der Waals surface area (Å²) in [7, 11) is 0. The molecule has 0 saturated carbocycles. The van der Waals surface area contributed by atoms with E-state index in [9.17, 15) is 4.79 Å². The number of carbonyl (C=O) groups excluding carboxylic acids is 1. The fraction of sp³-hybridized carbons (Fsp3) is 0.462. The summed E-state index contributed by atoms with van der Waals surface area (Å²) in [6.45, 7) is 2.95. The molecule has 1 atom stereocenters. The summed E-state index contributed by atoms with van der Waals surface area (Å²) in [5, 5.41) is 0. The Morgan fingerprint density at radius 3 is 2.65 bits per heavy atom. The molecule has 1 aromatic rings. The predicted octanol–water partition coefficient (Wildman–Crippen LogP) is 0.709. The van der Waals surface area contributed by atoms with Crippen LogP contribution >= 0.6 is 0 Å². The van der Waals surface area contributed by atoms with Crippen molar-refractivity contribution >= 4 is 5.91 Å². The smallest absolute Gasteiger partial charge is 0.248 e. The van der Waals surface area contributed by atoms with Crippen LogP contribution in [0.3, 0.4) is 0 Å². The molecule has 0 radical (unpaired) electrons. The Balaban J connectivity index is 1.96. The lowest BCUT2D eigenvalue weighted by atomic mass is 10.1. The van der Waals surface area contributed by atoms with Gasteiger partial charge in [0.05, 0.1) is 0 Å². The first kappa shape index (κ1) is 12.1. The van der Waals surface area contributed by atoms with Gasteiger partial charge in [-0.05, 0) is 37.1 Å². The second-order valence-electron chi connectivity index (χ2n) is 4.70. The van der Waals surface area contributed by atoms with Crippen LogP contribution in [-0.2, 0) is 6.54 Å². The van der Waals surface area contributed by atoms with Crippen LogP contribution in [0.4, 0.5) is 0 Å². The van der Waals surface area contributed by atoms with Gasteiger partial charge in [0.15, 0.2) is 0 Å². The van der Waals surface area contributed by atoms with Gasteiger partial charge in [0, 0.05) is 24.7 Å². The zero-order chi connectivity index (χ0) is 12.3. The number of benzene rings is 1.